The Labute approximate surface area is 157 Å². The van der Waals surface area contributed by atoms with E-state index in [4.69, 9.17) is 0 Å². The van der Waals surface area contributed by atoms with Crippen molar-refractivity contribution in [2.24, 2.45) is 0 Å². The van der Waals surface area contributed by atoms with E-state index in [0.29, 0.717) is 11.0 Å². The van der Waals surface area contributed by atoms with E-state index in [1.165, 1.54) is 23.1 Å². The van der Waals surface area contributed by atoms with Gasteiger partial charge in [-0.2, -0.15) is 18.3 Å². The van der Waals surface area contributed by atoms with Crippen LogP contribution in [0.15, 0.2) is 61.1 Å². The number of benzene rings is 2. The molecule has 2 aromatic carbocycles. The molecule has 142 valence electrons. The van der Waals surface area contributed by atoms with Crippen LogP contribution >= 0.6 is 0 Å². The van der Waals surface area contributed by atoms with Crippen molar-refractivity contribution in [1.29, 1.82) is 0 Å². The lowest BCUT2D eigenvalue weighted by Gasteiger charge is -2.13. The molecular formula is C19H14F3N5O. The number of nitrogens with zero attached hydrogens (tertiary/aromatic N) is 4. The fraction of sp³-hybridized carbons (Fsp3) is 0.105. The van der Waals surface area contributed by atoms with Gasteiger partial charge < -0.3 is 0 Å². The summed E-state index contributed by atoms with van der Waals surface area (Å²) in [4.78, 5) is 16.7. The van der Waals surface area contributed by atoms with E-state index in [0.717, 1.165) is 16.4 Å². The summed E-state index contributed by atoms with van der Waals surface area (Å²) in [5.74, 6) is -0.936. The molecule has 0 aliphatic carbocycles. The maximum atomic E-state index is 13.7. The van der Waals surface area contributed by atoms with Crippen molar-refractivity contribution in [3.8, 4) is 5.69 Å². The summed E-state index contributed by atoms with van der Waals surface area (Å²) in [6.45, 7) is 1.83. The second-order valence-electron chi connectivity index (χ2n) is 6.20. The first kappa shape index (κ1) is 17.8. The third-order valence-corrected chi connectivity index (χ3v) is 4.24. The number of halogens is 3. The average molecular weight is 385 g/mol. The summed E-state index contributed by atoms with van der Waals surface area (Å²) < 4.78 is 43.2. The number of aromatic nitrogens is 4. The third-order valence-electron chi connectivity index (χ3n) is 4.24. The van der Waals surface area contributed by atoms with Gasteiger partial charge in [0, 0.05) is 0 Å². The highest BCUT2D eigenvalue weighted by Gasteiger charge is 2.40. The molecule has 0 saturated heterocycles. The van der Waals surface area contributed by atoms with Crippen molar-refractivity contribution in [3.05, 3.63) is 77.9 Å². The van der Waals surface area contributed by atoms with Gasteiger partial charge in [-0.3, -0.25) is 10.2 Å². The first-order valence-corrected chi connectivity index (χ1v) is 8.30. The minimum absolute atomic E-state index is 0.213. The number of para-hydroxylation sites is 2. The van der Waals surface area contributed by atoms with Gasteiger partial charge in [-0.25, -0.2) is 14.3 Å². The normalized spacial score (nSPS) is 11.7. The minimum Gasteiger partial charge on any atom is -0.267 e. The molecule has 0 radical (unpaired) electrons. The van der Waals surface area contributed by atoms with Crippen LogP contribution in [0.1, 0.15) is 21.6 Å². The summed E-state index contributed by atoms with van der Waals surface area (Å²) in [6.07, 6.45) is -2.53. The Bertz CT molecular complexity index is 1160. The summed E-state index contributed by atoms with van der Waals surface area (Å²) in [5.41, 5.74) is 2.99. The average Bonchev–Trinajstić information content (AvgIpc) is 3.27. The lowest BCUT2D eigenvalue weighted by atomic mass is 10.2. The number of nitrogens with one attached hydrogen (secondary N) is 1. The number of amides is 1. The topological polar surface area (TPSA) is 64.7 Å². The van der Waals surface area contributed by atoms with E-state index in [1.54, 1.807) is 36.4 Å². The maximum Gasteiger partial charge on any atom is 0.434 e. The number of carbonyl (C=O) groups excluding carboxylic acids is 1. The minimum atomic E-state index is -4.77. The summed E-state index contributed by atoms with van der Waals surface area (Å²) in [7, 11) is 0. The number of carbonyl (C=O) groups is 1. The second kappa shape index (κ2) is 6.52. The monoisotopic (exact) mass is 385 g/mol. The predicted molar refractivity (Wildman–Crippen MR) is 96.7 cm³/mol. The van der Waals surface area contributed by atoms with Gasteiger partial charge in [0.2, 0.25) is 0 Å². The maximum absolute atomic E-state index is 13.7. The zero-order valence-electron chi connectivity index (χ0n) is 14.6. The molecular weight excluding hydrogens is 371 g/mol. The first-order chi connectivity index (χ1) is 13.3. The summed E-state index contributed by atoms with van der Waals surface area (Å²) in [5, 5.41) is 3.81. The van der Waals surface area contributed by atoms with Gasteiger partial charge in [0.15, 0.2) is 5.69 Å². The molecule has 0 saturated carbocycles. The molecule has 1 amide bonds. The van der Waals surface area contributed by atoms with Crippen LogP contribution in [-0.4, -0.2) is 25.3 Å². The van der Waals surface area contributed by atoms with Gasteiger partial charge in [-0.15, -0.1) is 0 Å². The Hall–Kier alpha value is -3.62. The highest BCUT2D eigenvalue weighted by molar-refractivity contribution is 6.01. The lowest BCUT2D eigenvalue weighted by molar-refractivity contribution is -0.143. The molecule has 6 nitrogen and oxygen atoms in total. The van der Waals surface area contributed by atoms with Gasteiger partial charge in [-0.1, -0.05) is 29.8 Å². The molecule has 1 N–H and O–H groups in total. The number of hydrogen-bond donors (Lipinski definition) is 1. The van der Waals surface area contributed by atoms with Crippen molar-refractivity contribution in [1.82, 2.24) is 19.4 Å². The van der Waals surface area contributed by atoms with E-state index in [2.05, 4.69) is 15.5 Å². The SMILES string of the molecule is Cc1ccc(-n2ncc(C(=O)Nn3cnc4ccccc43)c2C(F)(F)F)cc1. The molecule has 2 heterocycles. The standard InChI is InChI=1S/C19H14F3N5O/c1-12-6-8-13(9-7-12)27-17(19(20,21)22)14(10-24-27)18(28)25-26-11-23-15-4-2-3-5-16(15)26/h2-11H,1H3,(H,25,28). The predicted octanol–water partition coefficient (Wildman–Crippen LogP) is 3.93. The van der Waals surface area contributed by atoms with Crippen LogP contribution in [0.25, 0.3) is 16.7 Å². The molecule has 0 fully saturated rings. The summed E-state index contributed by atoms with van der Waals surface area (Å²) in [6, 6.07) is 13.3. The van der Waals surface area contributed by atoms with Crippen LogP contribution in [0, 0.1) is 6.92 Å². The fourth-order valence-electron chi connectivity index (χ4n) is 2.89. The Balaban J connectivity index is 1.75. The van der Waals surface area contributed by atoms with Gasteiger partial charge >= 0.3 is 6.18 Å². The number of hydrogen-bond acceptors (Lipinski definition) is 3. The zero-order valence-corrected chi connectivity index (χ0v) is 14.6. The Morgan fingerprint density at radius 1 is 1.07 bits per heavy atom. The van der Waals surface area contributed by atoms with Crippen LogP contribution in [0.2, 0.25) is 0 Å². The largest absolute Gasteiger partial charge is 0.434 e. The van der Waals surface area contributed by atoms with Crippen LogP contribution in [0.5, 0.6) is 0 Å². The lowest BCUT2D eigenvalue weighted by Crippen LogP contribution is -2.25. The van der Waals surface area contributed by atoms with E-state index in [-0.39, 0.29) is 5.69 Å². The van der Waals surface area contributed by atoms with Crippen LogP contribution in [-0.2, 0) is 6.18 Å². The Kier molecular flexibility index (Phi) is 4.14. The quantitative estimate of drug-likeness (QED) is 0.581. The molecule has 9 heteroatoms. The van der Waals surface area contributed by atoms with Crippen molar-refractivity contribution < 1.29 is 18.0 Å². The van der Waals surface area contributed by atoms with Crippen molar-refractivity contribution >= 4 is 16.9 Å². The van der Waals surface area contributed by atoms with Gasteiger partial charge in [0.25, 0.3) is 5.91 Å². The van der Waals surface area contributed by atoms with Crippen LogP contribution in [0.4, 0.5) is 13.2 Å². The smallest absolute Gasteiger partial charge is 0.267 e. The fourth-order valence-corrected chi connectivity index (χ4v) is 2.89. The van der Waals surface area contributed by atoms with E-state index in [1.807, 2.05) is 6.92 Å². The third kappa shape index (κ3) is 3.11. The Morgan fingerprint density at radius 3 is 2.50 bits per heavy atom. The van der Waals surface area contributed by atoms with E-state index in [9.17, 15) is 18.0 Å². The molecule has 2 aromatic heterocycles. The highest BCUT2D eigenvalue weighted by atomic mass is 19.4. The summed E-state index contributed by atoms with van der Waals surface area (Å²) >= 11 is 0. The number of rotatable bonds is 3. The molecule has 0 spiro atoms. The van der Waals surface area contributed by atoms with Gasteiger partial charge in [0.1, 0.15) is 6.33 Å². The molecule has 0 atom stereocenters. The van der Waals surface area contributed by atoms with Crippen molar-refractivity contribution in [2.75, 3.05) is 5.43 Å². The first-order valence-electron chi connectivity index (χ1n) is 8.30. The molecule has 28 heavy (non-hydrogen) atoms. The van der Waals surface area contributed by atoms with E-state index < -0.39 is 23.3 Å². The molecule has 0 aliphatic rings. The molecule has 0 aliphatic heterocycles. The number of alkyl halides is 3. The van der Waals surface area contributed by atoms with Gasteiger partial charge in [-0.05, 0) is 31.2 Å². The molecule has 0 unspecified atom stereocenters. The number of imidazole rings is 1. The zero-order chi connectivity index (χ0) is 19.9. The molecule has 4 aromatic rings. The van der Waals surface area contributed by atoms with Crippen molar-refractivity contribution in [3.63, 3.8) is 0 Å². The second-order valence-corrected chi connectivity index (χ2v) is 6.20. The molecule has 0 bridgehead atoms. The number of fused-ring (bicyclic) bond motifs is 1. The van der Waals surface area contributed by atoms with Crippen LogP contribution in [0.3, 0.4) is 0 Å². The molecule has 4 rings (SSSR count). The van der Waals surface area contributed by atoms with E-state index >= 15 is 0 Å². The van der Waals surface area contributed by atoms with Gasteiger partial charge in [0.05, 0.1) is 28.5 Å². The highest BCUT2D eigenvalue weighted by Crippen LogP contribution is 2.33. The number of aryl methyl sites for hydroxylation is 1. The Morgan fingerprint density at radius 2 is 1.79 bits per heavy atom. The van der Waals surface area contributed by atoms with Crippen LogP contribution < -0.4 is 5.43 Å². The van der Waals surface area contributed by atoms with Crippen molar-refractivity contribution in [2.45, 2.75) is 13.1 Å².